The van der Waals surface area contributed by atoms with Crippen LogP contribution in [-0.2, 0) is 15.0 Å². The Bertz CT molecular complexity index is 1300. The molecule has 0 radical (unpaired) electrons. The molecular weight excluding hydrogens is 424 g/mol. The van der Waals surface area contributed by atoms with Gasteiger partial charge in [-0.15, -0.1) is 0 Å². The van der Waals surface area contributed by atoms with Crippen molar-refractivity contribution in [3.05, 3.63) is 94.7 Å². The molecule has 1 heterocycles. The summed E-state index contributed by atoms with van der Waals surface area (Å²) < 4.78 is 5.53. The third-order valence-electron chi connectivity index (χ3n) is 6.10. The second-order valence-corrected chi connectivity index (χ2v) is 9.64. The zero-order valence-electron chi connectivity index (χ0n) is 20.5. The minimum absolute atomic E-state index is 0.0339. The van der Waals surface area contributed by atoms with Gasteiger partial charge in [-0.1, -0.05) is 63.2 Å². The van der Waals surface area contributed by atoms with E-state index in [1.54, 1.807) is 19.2 Å². The minimum Gasteiger partial charge on any atom is -0.496 e. The van der Waals surface area contributed by atoms with E-state index in [4.69, 9.17) is 4.74 Å². The average molecular weight is 455 g/mol. The van der Waals surface area contributed by atoms with Crippen LogP contribution in [0.5, 0.6) is 5.75 Å². The van der Waals surface area contributed by atoms with E-state index < -0.39 is 5.91 Å². The Hall–Kier alpha value is -3.86. The second-order valence-electron chi connectivity index (χ2n) is 9.64. The zero-order chi connectivity index (χ0) is 24.6. The van der Waals surface area contributed by atoms with Crippen molar-refractivity contribution in [2.45, 2.75) is 40.0 Å². The van der Waals surface area contributed by atoms with Gasteiger partial charge in [0.25, 0.3) is 11.8 Å². The Kier molecular flexibility index (Phi) is 6.05. The molecule has 0 aromatic heterocycles. The second kappa shape index (κ2) is 8.82. The molecule has 1 N–H and O–H groups in total. The molecule has 1 aliphatic rings. The van der Waals surface area contributed by atoms with Crippen LogP contribution in [0.1, 0.15) is 43.0 Å². The van der Waals surface area contributed by atoms with Crippen LogP contribution in [0.2, 0.25) is 0 Å². The third kappa shape index (κ3) is 4.21. The van der Waals surface area contributed by atoms with Crippen molar-refractivity contribution in [1.29, 1.82) is 0 Å². The van der Waals surface area contributed by atoms with Crippen molar-refractivity contribution < 1.29 is 14.3 Å². The van der Waals surface area contributed by atoms with Crippen LogP contribution < -0.4 is 15.0 Å². The fourth-order valence-electron chi connectivity index (χ4n) is 4.10. The molecule has 0 saturated heterocycles. The Morgan fingerprint density at radius 3 is 2.18 bits per heavy atom. The van der Waals surface area contributed by atoms with Gasteiger partial charge in [-0.25, -0.2) is 4.90 Å². The number of nitrogens with one attached hydrogen (secondary N) is 1. The maximum absolute atomic E-state index is 13.8. The lowest BCUT2D eigenvalue weighted by atomic mass is 9.87. The van der Waals surface area contributed by atoms with Gasteiger partial charge in [0.05, 0.1) is 18.4 Å². The largest absolute Gasteiger partial charge is 0.496 e. The molecule has 2 amide bonds. The fourth-order valence-corrected chi connectivity index (χ4v) is 4.10. The summed E-state index contributed by atoms with van der Waals surface area (Å²) in [5.74, 6) is -0.245. The van der Waals surface area contributed by atoms with Crippen LogP contribution >= 0.6 is 0 Å². The summed E-state index contributed by atoms with van der Waals surface area (Å²) in [7, 11) is 1.56. The fraction of sp³-hybridized carbons (Fsp3) is 0.241. The van der Waals surface area contributed by atoms with E-state index in [0.29, 0.717) is 22.6 Å². The number of benzene rings is 3. The zero-order valence-corrected chi connectivity index (χ0v) is 20.5. The van der Waals surface area contributed by atoms with Crippen molar-refractivity contribution in [2.24, 2.45) is 0 Å². The van der Waals surface area contributed by atoms with Gasteiger partial charge in [0.2, 0.25) is 0 Å². The molecule has 0 saturated carbocycles. The van der Waals surface area contributed by atoms with E-state index in [2.05, 4.69) is 26.1 Å². The summed E-state index contributed by atoms with van der Waals surface area (Å²) in [6, 6.07) is 20.8. The van der Waals surface area contributed by atoms with E-state index in [-0.39, 0.29) is 17.0 Å². The number of amides is 2. The molecule has 3 aromatic rings. The number of methoxy groups -OCH3 is 1. The average Bonchev–Trinajstić information content (AvgIpc) is 3.04. The van der Waals surface area contributed by atoms with Crippen molar-refractivity contribution in [3.8, 4) is 5.75 Å². The first kappa shape index (κ1) is 23.3. The predicted octanol–water partition coefficient (Wildman–Crippen LogP) is 6.01. The summed E-state index contributed by atoms with van der Waals surface area (Å²) in [5, 5.41) is 3.28. The summed E-state index contributed by atoms with van der Waals surface area (Å²) in [6.45, 7) is 10.3. The van der Waals surface area contributed by atoms with Crippen LogP contribution in [0.3, 0.4) is 0 Å². The number of ether oxygens (including phenoxy) is 1. The van der Waals surface area contributed by atoms with Gasteiger partial charge >= 0.3 is 0 Å². The number of imide groups is 1. The SMILES string of the molecule is COc1ccccc1C1=C(Nc2cc(C)ccc2C)C(=O)N(c2ccc(C(C)(C)C)cc2)C1=O. The van der Waals surface area contributed by atoms with Crippen molar-refractivity contribution in [1.82, 2.24) is 0 Å². The van der Waals surface area contributed by atoms with E-state index >= 15 is 0 Å². The first-order valence-corrected chi connectivity index (χ1v) is 11.3. The molecule has 5 heteroatoms. The van der Waals surface area contributed by atoms with Crippen molar-refractivity contribution in [3.63, 3.8) is 0 Å². The van der Waals surface area contributed by atoms with Gasteiger partial charge in [-0.05, 0) is 60.2 Å². The summed E-state index contributed by atoms with van der Waals surface area (Å²) in [4.78, 5) is 28.7. The smallest absolute Gasteiger partial charge is 0.282 e. The maximum Gasteiger partial charge on any atom is 0.282 e. The van der Waals surface area contributed by atoms with Crippen molar-refractivity contribution >= 4 is 28.8 Å². The molecule has 0 atom stereocenters. The van der Waals surface area contributed by atoms with E-state index in [1.807, 2.05) is 68.4 Å². The Morgan fingerprint density at radius 2 is 1.53 bits per heavy atom. The molecule has 0 aliphatic carbocycles. The number of para-hydroxylation sites is 1. The number of nitrogens with zero attached hydrogens (tertiary/aromatic N) is 1. The number of aryl methyl sites for hydroxylation is 2. The number of hydrogen-bond acceptors (Lipinski definition) is 4. The van der Waals surface area contributed by atoms with Gasteiger partial charge < -0.3 is 10.1 Å². The summed E-state index contributed by atoms with van der Waals surface area (Å²) >= 11 is 0. The molecule has 4 rings (SSSR count). The maximum atomic E-state index is 13.8. The van der Waals surface area contributed by atoms with Gasteiger partial charge in [-0.2, -0.15) is 0 Å². The topological polar surface area (TPSA) is 58.6 Å². The lowest BCUT2D eigenvalue weighted by molar-refractivity contribution is -0.120. The Morgan fingerprint density at radius 1 is 0.853 bits per heavy atom. The lowest BCUT2D eigenvalue weighted by Crippen LogP contribution is -2.32. The Balaban J connectivity index is 1.84. The lowest BCUT2D eigenvalue weighted by Gasteiger charge is -2.21. The molecule has 0 fully saturated rings. The summed E-state index contributed by atoms with van der Waals surface area (Å²) in [5.41, 5.74) is 5.55. The summed E-state index contributed by atoms with van der Waals surface area (Å²) in [6.07, 6.45) is 0. The monoisotopic (exact) mass is 454 g/mol. The molecule has 5 nitrogen and oxygen atoms in total. The molecule has 1 aliphatic heterocycles. The highest BCUT2D eigenvalue weighted by atomic mass is 16.5. The quantitative estimate of drug-likeness (QED) is 0.480. The highest BCUT2D eigenvalue weighted by Crippen LogP contribution is 2.38. The van der Waals surface area contributed by atoms with E-state index in [9.17, 15) is 9.59 Å². The van der Waals surface area contributed by atoms with Gasteiger partial charge in [-0.3, -0.25) is 9.59 Å². The van der Waals surface area contributed by atoms with Crippen LogP contribution in [0, 0.1) is 13.8 Å². The molecule has 174 valence electrons. The van der Waals surface area contributed by atoms with E-state index in [1.165, 1.54) is 4.90 Å². The predicted molar refractivity (Wildman–Crippen MR) is 137 cm³/mol. The van der Waals surface area contributed by atoms with Gasteiger partial charge in [0.1, 0.15) is 11.4 Å². The molecule has 0 unspecified atom stereocenters. The Labute approximate surface area is 201 Å². The van der Waals surface area contributed by atoms with Crippen LogP contribution in [-0.4, -0.2) is 18.9 Å². The van der Waals surface area contributed by atoms with E-state index in [0.717, 1.165) is 22.4 Å². The first-order chi connectivity index (χ1) is 16.1. The van der Waals surface area contributed by atoms with Gasteiger partial charge in [0.15, 0.2) is 0 Å². The molecule has 0 spiro atoms. The van der Waals surface area contributed by atoms with Crippen LogP contribution in [0.15, 0.2) is 72.4 Å². The standard InChI is InChI=1S/C29H30N2O3/c1-18-11-12-19(2)23(17-18)30-26-25(22-9-7-8-10-24(22)34-6)27(32)31(28(26)33)21-15-13-20(14-16-21)29(3,4)5/h7-17,30H,1-6H3. The first-order valence-electron chi connectivity index (χ1n) is 11.3. The number of carbonyl (C=O) groups is 2. The number of rotatable bonds is 5. The van der Waals surface area contributed by atoms with Gasteiger partial charge in [0, 0.05) is 11.3 Å². The third-order valence-corrected chi connectivity index (χ3v) is 6.10. The molecule has 0 bridgehead atoms. The highest BCUT2D eigenvalue weighted by molar-refractivity contribution is 6.46. The molecule has 34 heavy (non-hydrogen) atoms. The minimum atomic E-state index is -0.393. The highest BCUT2D eigenvalue weighted by Gasteiger charge is 2.41. The molecule has 3 aromatic carbocycles. The number of anilines is 2. The van der Waals surface area contributed by atoms with Crippen molar-refractivity contribution in [2.75, 3.05) is 17.3 Å². The normalized spacial score (nSPS) is 14.1. The number of carbonyl (C=O) groups excluding carboxylic acids is 2. The van der Waals surface area contributed by atoms with Crippen LogP contribution in [0.25, 0.3) is 5.57 Å². The molecular formula is C29H30N2O3. The van der Waals surface area contributed by atoms with Crippen LogP contribution in [0.4, 0.5) is 11.4 Å². The number of hydrogen-bond donors (Lipinski definition) is 1.